The first-order chi connectivity index (χ1) is 5.95. The van der Waals surface area contributed by atoms with Gasteiger partial charge in [-0.25, -0.2) is 0 Å². The highest BCUT2D eigenvalue weighted by molar-refractivity contribution is 14.1. The Labute approximate surface area is 86.5 Å². The van der Waals surface area contributed by atoms with Crippen molar-refractivity contribution in [2.24, 2.45) is 5.73 Å². The summed E-state index contributed by atoms with van der Waals surface area (Å²) in [6.07, 6.45) is -3.25. The molecule has 1 rings (SSSR count). The summed E-state index contributed by atoms with van der Waals surface area (Å²) in [7, 11) is 0. The maximum atomic E-state index is 12.2. The van der Waals surface area contributed by atoms with E-state index in [1.807, 2.05) is 22.6 Å². The van der Waals surface area contributed by atoms with Crippen LogP contribution in [0.4, 0.5) is 13.2 Å². The summed E-state index contributed by atoms with van der Waals surface area (Å²) >= 11 is 1.89. The summed E-state index contributed by atoms with van der Waals surface area (Å²) in [5.41, 5.74) is 4.31. The van der Waals surface area contributed by atoms with Crippen molar-refractivity contribution in [1.82, 2.24) is 4.98 Å². The van der Waals surface area contributed by atoms with Gasteiger partial charge in [0.2, 0.25) is 0 Å². The van der Waals surface area contributed by atoms with Crippen LogP contribution in [-0.2, 0) is 12.7 Å². The zero-order chi connectivity index (χ0) is 10.1. The van der Waals surface area contributed by atoms with Crippen LogP contribution in [0.1, 0.15) is 11.3 Å². The van der Waals surface area contributed by atoms with Crippen molar-refractivity contribution in [3.05, 3.63) is 27.1 Å². The molecule has 1 aromatic rings. The molecule has 6 heteroatoms. The molecular formula is C7H6F3IN2. The molecule has 13 heavy (non-hydrogen) atoms. The molecule has 1 heterocycles. The summed E-state index contributed by atoms with van der Waals surface area (Å²) < 4.78 is 37.4. The number of aromatic nitrogens is 1. The minimum Gasteiger partial charge on any atom is -0.326 e. The van der Waals surface area contributed by atoms with Crippen LogP contribution in [0.25, 0.3) is 0 Å². The highest BCUT2D eigenvalue weighted by atomic mass is 127. The van der Waals surface area contributed by atoms with Crippen LogP contribution >= 0.6 is 22.6 Å². The molecule has 0 saturated heterocycles. The second-order valence-corrected chi connectivity index (χ2v) is 3.61. The number of alkyl halides is 3. The van der Waals surface area contributed by atoms with Crippen molar-refractivity contribution in [1.29, 1.82) is 0 Å². The van der Waals surface area contributed by atoms with Crippen molar-refractivity contribution in [2.45, 2.75) is 12.7 Å². The topological polar surface area (TPSA) is 38.9 Å². The Kier molecular flexibility index (Phi) is 3.12. The molecule has 1 aromatic heterocycles. The zero-order valence-electron chi connectivity index (χ0n) is 6.40. The van der Waals surface area contributed by atoms with Gasteiger partial charge in [-0.15, -0.1) is 0 Å². The molecule has 0 radical (unpaired) electrons. The smallest absolute Gasteiger partial charge is 0.326 e. The normalized spacial score (nSPS) is 11.8. The quantitative estimate of drug-likeness (QED) is 0.808. The first-order valence-corrected chi connectivity index (χ1v) is 4.44. The standard InChI is InChI=1S/C7H6F3IN2/c8-7(9,10)6-4(2-12)1-5(11)3-13-6/h1,3H,2,12H2. The molecule has 2 N–H and O–H groups in total. The second kappa shape index (κ2) is 3.79. The second-order valence-electron chi connectivity index (χ2n) is 2.36. The number of halogens is 4. The predicted octanol–water partition coefficient (Wildman–Crippen LogP) is 2.16. The lowest BCUT2D eigenvalue weighted by atomic mass is 10.2. The summed E-state index contributed by atoms with van der Waals surface area (Å²) in [5, 5.41) is 0. The Morgan fingerprint density at radius 2 is 2.08 bits per heavy atom. The molecule has 0 unspecified atom stereocenters. The third-order valence-electron chi connectivity index (χ3n) is 1.42. The minimum absolute atomic E-state index is 0.0272. The van der Waals surface area contributed by atoms with E-state index in [2.05, 4.69) is 4.98 Å². The Morgan fingerprint density at radius 3 is 2.54 bits per heavy atom. The van der Waals surface area contributed by atoms with Crippen LogP contribution in [0, 0.1) is 3.57 Å². The average molecular weight is 302 g/mol. The highest BCUT2D eigenvalue weighted by Crippen LogP contribution is 2.30. The third kappa shape index (κ3) is 2.53. The fraction of sp³-hybridized carbons (Fsp3) is 0.286. The van der Waals surface area contributed by atoms with Gasteiger partial charge in [0.15, 0.2) is 0 Å². The van der Waals surface area contributed by atoms with Crippen molar-refractivity contribution in [3.63, 3.8) is 0 Å². The fourth-order valence-corrected chi connectivity index (χ4v) is 1.41. The summed E-state index contributed by atoms with van der Waals surface area (Å²) in [4.78, 5) is 3.31. The van der Waals surface area contributed by atoms with E-state index in [1.54, 1.807) is 0 Å². The first kappa shape index (κ1) is 10.7. The van der Waals surface area contributed by atoms with Gasteiger partial charge in [-0.3, -0.25) is 4.98 Å². The molecule has 0 spiro atoms. The van der Waals surface area contributed by atoms with Gasteiger partial charge in [0, 0.05) is 16.3 Å². The van der Waals surface area contributed by atoms with E-state index in [0.717, 1.165) is 0 Å². The van der Waals surface area contributed by atoms with Crippen molar-refractivity contribution < 1.29 is 13.2 Å². The molecule has 72 valence electrons. The van der Waals surface area contributed by atoms with Crippen LogP contribution in [0.15, 0.2) is 12.3 Å². The molecule has 0 fully saturated rings. The van der Waals surface area contributed by atoms with Crippen LogP contribution in [-0.4, -0.2) is 4.98 Å². The van der Waals surface area contributed by atoms with Crippen LogP contribution in [0.5, 0.6) is 0 Å². The maximum Gasteiger partial charge on any atom is 0.433 e. The van der Waals surface area contributed by atoms with E-state index in [1.165, 1.54) is 12.3 Å². The monoisotopic (exact) mass is 302 g/mol. The summed E-state index contributed by atoms with van der Waals surface area (Å²) in [6, 6.07) is 1.39. The Hall–Kier alpha value is -0.370. The summed E-state index contributed by atoms with van der Waals surface area (Å²) in [6.45, 7) is -0.154. The summed E-state index contributed by atoms with van der Waals surface area (Å²) in [5.74, 6) is 0. The van der Waals surface area contributed by atoms with Crippen LogP contribution in [0.2, 0.25) is 0 Å². The molecule has 2 nitrogen and oxygen atoms in total. The molecule has 0 aliphatic rings. The third-order valence-corrected chi connectivity index (χ3v) is 2.01. The van der Waals surface area contributed by atoms with Gasteiger partial charge in [0.05, 0.1) is 0 Å². The SMILES string of the molecule is NCc1cc(I)cnc1C(F)(F)F. The number of hydrogen-bond donors (Lipinski definition) is 1. The lowest BCUT2D eigenvalue weighted by Gasteiger charge is -2.09. The lowest BCUT2D eigenvalue weighted by Crippen LogP contribution is -2.14. The van der Waals surface area contributed by atoms with Crippen molar-refractivity contribution >= 4 is 22.6 Å². The van der Waals surface area contributed by atoms with Crippen LogP contribution in [0.3, 0.4) is 0 Å². The van der Waals surface area contributed by atoms with E-state index >= 15 is 0 Å². The molecule has 0 atom stereocenters. The molecule has 0 saturated carbocycles. The average Bonchev–Trinajstić information content (AvgIpc) is 2.01. The fourth-order valence-electron chi connectivity index (χ4n) is 0.892. The van der Waals surface area contributed by atoms with E-state index in [9.17, 15) is 13.2 Å². The number of rotatable bonds is 1. The number of nitrogens with two attached hydrogens (primary N) is 1. The van der Waals surface area contributed by atoms with Gasteiger partial charge in [-0.1, -0.05) is 0 Å². The Morgan fingerprint density at radius 1 is 1.46 bits per heavy atom. The number of pyridine rings is 1. The van der Waals surface area contributed by atoms with Crippen molar-refractivity contribution in [2.75, 3.05) is 0 Å². The lowest BCUT2D eigenvalue weighted by molar-refractivity contribution is -0.141. The van der Waals surface area contributed by atoms with E-state index < -0.39 is 11.9 Å². The highest BCUT2D eigenvalue weighted by Gasteiger charge is 2.34. The van der Waals surface area contributed by atoms with E-state index in [4.69, 9.17) is 5.73 Å². The minimum atomic E-state index is -4.42. The molecule has 0 aliphatic carbocycles. The molecule has 0 bridgehead atoms. The Balaban J connectivity index is 3.22. The molecule has 0 aromatic carbocycles. The van der Waals surface area contributed by atoms with E-state index in [0.29, 0.717) is 3.57 Å². The first-order valence-electron chi connectivity index (χ1n) is 3.37. The molecule has 0 aliphatic heterocycles. The Bertz CT molecular complexity index is 311. The van der Waals surface area contributed by atoms with Crippen molar-refractivity contribution in [3.8, 4) is 0 Å². The zero-order valence-corrected chi connectivity index (χ0v) is 8.56. The predicted molar refractivity (Wildman–Crippen MR) is 49.8 cm³/mol. The van der Waals surface area contributed by atoms with Gasteiger partial charge in [0.1, 0.15) is 5.69 Å². The van der Waals surface area contributed by atoms with E-state index in [-0.39, 0.29) is 12.1 Å². The number of nitrogens with zero attached hydrogens (tertiary/aromatic N) is 1. The van der Waals surface area contributed by atoms with Gasteiger partial charge >= 0.3 is 6.18 Å². The van der Waals surface area contributed by atoms with Gasteiger partial charge in [-0.05, 0) is 34.2 Å². The van der Waals surface area contributed by atoms with Gasteiger partial charge < -0.3 is 5.73 Å². The molecule has 0 amide bonds. The maximum absolute atomic E-state index is 12.2. The van der Waals surface area contributed by atoms with Gasteiger partial charge in [0.25, 0.3) is 0 Å². The largest absolute Gasteiger partial charge is 0.433 e. The number of hydrogen-bond acceptors (Lipinski definition) is 2. The van der Waals surface area contributed by atoms with Crippen LogP contribution < -0.4 is 5.73 Å². The molecular weight excluding hydrogens is 296 g/mol. The van der Waals surface area contributed by atoms with Gasteiger partial charge in [-0.2, -0.15) is 13.2 Å².